The van der Waals surface area contributed by atoms with E-state index in [1.165, 1.54) is 4.57 Å². The Kier molecular flexibility index (Phi) is 3.48. The van der Waals surface area contributed by atoms with Gasteiger partial charge in [0.05, 0.1) is 12.2 Å². The Morgan fingerprint density at radius 2 is 2.12 bits per heavy atom. The van der Waals surface area contributed by atoms with Crippen molar-refractivity contribution in [3.8, 4) is 0 Å². The molecule has 0 aliphatic carbocycles. The number of fused-ring (bicyclic) bond motifs is 2. The van der Waals surface area contributed by atoms with Crippen LogP contribution >= 0.6 is 0 Å². The number of hydrogen-bond donors (Lipinski definition) is 1. The van der Waals surface area contributed by atoms with Crippen LogP contribution in [0.3, 0.4) is 0 Å². The zero-order valence-corrected chi connectivity index (χ0v) is 14.6. The molecule has 2 aromatic rings. The monoisotopic (exact) mass is 356 g/mol. The molecule has 2 bridgehead atoms. The number of anilines is 1. The second kappa shape index (κ2) is 5.75. The summed E-state index contributed by atoms with van der Waals surface area (Å²) in [7, 11) is 0. The molecule has 3 atom stereocenters. The van der Waals surface area contributed by atoms with Gasteiger partial charge < -0.3 is 14.8 Å². The molecular weight excluding hydrogens is 334 g/mol. The molecular formula is C19H21N3O4. The molecule has 0 radical (unpaired) electrons. The van der Waals surface area contributed by atoms with E-state index in [1.54, 1.807) is 36.5 Å². The molecule has 136 valence electrons. The van der Waals surface area contributed by atoms with Crippen molar-refractivity contribution in [2.24, 2.45) is 5.41 Å². The second-order valence-corrected chi connectivity index (χ2v) is 7.28. The van der Waals surface area contributed by atoms with Crippen LogP contribution in [0.5, 0.6) is 0 Å². The van der Waals surface area contributed by atoms with Crippen molar-refractivity contribution in [1.29, 1.82) is 0 Å². The minimum atomic E-state index is -0.734. The van der Waals surface area contributed by atoms with Crippen LogP contribution in [0.1, 0.15) is 38.7 Å². The third kappa shape index (κ3) is 2.47. The van der Waals surface area contributed by atoms with Crippen LogP contribution < -0.4 is 11.0 Å². The Morgan fingerprint density at radius 3 is 2.77 bits per heavy atom. The first-order valence-electron chi connectivity index (χ1n) is 9.13. The topological polar surface area (TPSA) is 82.5 Å². The fourth-order valence-electron chi connectivity index (χ4n) is 3.45. The van der Waals surface area contributed by atoms with Gasteiger partial charge in [0.2, 0.25) is 0 Å². The van der Waals surface area contributed by atoms with Gasteiger partial charge >= 0.3 is 5.69 Å². The Labute approximate surface area is 152 Å². The minimum Gasteiger partial charge on any atom is -0.370 e. The summed E-state index contributed by atoms with van der Waals surface area (Å²) < 4.78 is 21.2. The average Bonchev–Trinajstić information content (AvgIpc) is 3.05. The highest BCUT2D eigenvalue weighted by Crippen LogP contribution is 2.56. The van der Waals surface area contributed by atoms with Crippen molar-refractivity contribution in [1.82, 2.24) is 9.55 Å². The summed E-state index contributed by atoms with van der Waals surface area (Å²) in [4.78, 5) is 28.7. The van der Waals surface area contributed by atoms with Gasteiger partial charge in [0, 0.05) is 18.5 Å². The van der Waals surface area contributed by atoms with E-state index >= 15 is 0 Å². The van der Waals surface area contributed by atoms with Crippen molar-refractivity contribution in [2.75, 3.05) is 11.9 Å². The third-order valence-electron chi connectivity index (χ3n) is 5.37. The number of amides is 1. The summed E-state index contributed by atoms with van der Waals surface area (Å²) >= 11 is 0. The van der Waals surface area contributed by atoms with Crippen LogP contribution in [0.15, 0.2) is 47.4 Å². The number of ether oxygens (including phenoxy) is 2. The number of carbonyl (C=O) groups excluding carboxylic acids is 1. The zero-order valence-electron chi connectivity index (χ0n) is 15.6. The molecule has 2 aliphatic heterocycles. The van der Waals surface area contributed by atoms with E-state index in [-0.39, 0.29) is 30.1 Å². The first-order valence-corrected chi connectivity index (χ1v) is 8.42. The molecule has 7 heteroatoms. The maximum Gasteiger partial charge on any atom is 0.351 e. The van der Waals surface area contributed by atoms with Crippen LogP contribution in [0.4, 0.5) is 5.82 Å². The highest BCUT2D eigenvalue weighted by Gasteiger charge is 2.64. The Morgan fingerprint density at radius 1 is 1.35 bits per heavy atom. The lowest BCUT2D eigenvalue weighted by Gasteiger charge is -2.30. The van der Waals surface area contributed by atoms with Crippen LogP contribution in [0.25, 0.3) is 0 Å². The van der Waals surface area contributed by atoms with E-state index < -0.39 is 17.5 Å². The van der Waals surface area contributed by atoms with Gasteiger partial charge in [-0.3, -0.25) is 9.36 Å². The molecule has 0 unspecified atom stereocenters. The normalized spacial score (nSPS) is 29.4. The molecule has 2 fully saturated rings. The molecule has 0 spiro atoms. The average molecular weight is 356 g/mol. The Hall–Kier alpha value is -2.51. The fraction of sp³-hybridized carbons (Fsp3) is 0.421. The number of hydrogen-bond acceptors (Lipinski definition) is 5. The summed E-state index contributed by atoms with van der Waals surface area (Å²) in [5.74, 6) is -0.169. The summed E-state index contributed by atoms with van der Waals surface area (Å²) in [6, 6.07) is 10.3. The molecule has 2 saturated heterocycles. The lowest BCUT2D eigenvalue weighted by atomic mass is 9.76. The smallest absolute Gasteiger partial charge is 0.351 e. The number of aromatic nitrogens is 2. The van der Waals surface area contributed by atoms with Crippen LogP contribution in [0.2, 0.25) is 0 Å². The highest BCUT2D eigenvalue weighted by molar-refractivity contribution is 6.03. The highest BCUT2D eigenvalue weighted by atomic mass is 16.6. The quantitative estimate of drug-likeness (QED) is 0.912. The number of nitrogens with one attached hydrogen (secondary N) is 1. The predicted octanol–water partition coefficient (Wildman–Crippen LogP) is 2.21. The number of benzene rings is 1. The van der Waals surface area contributed by atoms with Crippen molar-refractivity contribution < 1.29 is 15.6 Å². The number of nitrogens with zero attached hydrogens (tertiary/aromatic N) is 2. The fourth-order valence-corrected chi connectivity index (χ4v) is 3.45. The van der Waals surface area contributed by atoms with E-state index in [2.05, 4.69) is 10.3 Å². The van der Waals surface area contributed by atoms with Crippen LogP contribution in [0, 0.1) is 5.41 Å². The standard InChI is InChI=1S/C19H21N3O4/c1-18(2)14-16(26-19(18,3)11-25-14)22-10-9-13(21-17(22)24)20-15(23)12-7-5-4-6-8-12/h4-10,14,16H,11H2,1-3H3,(H,20,21,23,24)/t14-,16+,19+/m0/s1/i3D. The van der Waals surface area contributed by atoms with Gasteiger partial charge in [0.15, 0.2) is 6.23 Å². The van der Waals surface area contributed by atoms with Gasteiger partial charge in [0.1, 0.15) is 11.9 Å². The van der Waals surface area contributed by atoms with Crippen molar-refractivity contribution >= 4 is 11.7 Å². The van der Waals surface area contributed by atoms with Gasteiger partial charge in [-0.15, -0.1) is 0 Å². The summed E-state index contributed by atoms with van der Waals surface area (Å²) in [6.07, 6.45) is 0.559. The molecule has 7 nitrogen and oxygen atoms in total. The third-order valence-corrected chi connectivity index (χ3v) is 5.37. The van der Waals surface area contributed by atoms with E-state index in [4.69, 9.17) is 10.8 Å². The molecule has 4 rings (SSSR count). The molecule has 1 amide bonds. The van der Waals surface area contributed by atoms with Gasteiger partial charge in [-0.1, -0.05) is 32.0 Å². The molecule has 0 saturated carbocycles. The lowest BCUT2D eigenvalue weighted by molar-refractivity contribution is -0.167. The van der Waals surface area contributed by atoms with E-state index in [0.717, 1.165) is 0 Å². The van der Waals surface area contributed by atoms with Gasteiger partial charge in [-0.05, 0) is 25.1 Å². The Balaban J connectivity index is 1.57. The molecule has 2 aliphatic rings. The summed E-state index contributed by atoms with van der Waals surface area (Å²) in [5.41, 5.74) is -1.19. The first-order chi connectivity index (χ1) is 12.9. The number of rotatable bonds is 3. The van der Waals surface area contributed by atoms with Crippen LogP contribution in [-0.2, 0) is 9.47 Å². The molecule has 26 heavy (non-hydrogen) atoms. The molecule has 1 aromatic carbocycles. The predicted molar refractivity (Wildman–Crippen MR) is 94.9 cm³/mol. The van der Waals surface area contributed by atoms with E-state index in [1.807, 2.05) is 19.9 Å². The summed E-state index contributed by atoms with van der Waals surface area (Å²) in [5, 5.41) is 2.62. The zero-order chi connectivity index (χ0) is 19.2. The van der Waals surface area contributed by atoms with Crippen molar-refractivity contribution in [2.45, 2.75) is 38.7 Å². The molecule has 1 N–H and O–H groups in total. The SMILES string of the molecule is [2H]C[C@]12CO[C@@H]([C@H](n3ccc(NC(=O)c4ccccc4)nc3=O)O1)C2(C)C. The molecule has 3 heterocycles. The van der Waals surface area contributed by atoms with E-state index in [0.29, 0.717) is 12.2 Å². The van der Waals surface area contributed by atoms with E-state index in [9.17, 15) is 9.59 Å². The number of carbonyl (C=O) groups is 1. The summed E-state index contributed by atoms with van der Waals surface area (Å²) in [6.45, 7) is 4.39. The van der Waals surface area contributed by atoms with Crippen molar-refractivity contribution in [3.05, 3.63) is 58.6 Å². The Bertz CT molecular complexity index is 930. The van der Waals surface area contributed by atoms with Gasteiger partial charge in [-0.2, -0.15) is 4.98 Å². The van der Waals surface area contributed by atoms with Gasteiger partial charge in [0.25, 0.3) is 5.91 Å². The first kappa shape index (κ1) is 15.7. The maximum atomic E-state index is 12.5. The second-order valence-electron chi connectivity index (χ2n) is 7.28. The maximum absolute atomic E-state index is 12.5. The largest absolute Gasteiger partial charge is 0.370 e. The molecule has 1 aromatic heterocycles. The van der Waals surface area contributed by atoms with Crippen molar-refractivity contribution in [3.63, 3.8) is 0 Å². The van der Waals surface area contributed by atoms with Crippen LogP contribution in [-0.4, -0.2) is 33.8 Å². The van der Waals surface area contributed by atoms with Gasteiger partial charge in [-0.25, -0.2) is 4.79 Å². The lowest BCUT2D eigenvalue weighted by Crippen LogP contribution is -2.39. The minimum absolute atomic E-state index is 0.0559.